The van der Waals surface area contributed by atoms with E-state index in [1.165, 1.54) is 0 Å². The number of carbonyl (C=O) groups is 1. The van der Waals surface area contributed by atoms with Crippen LogP contribution in [0.1, 0.15) is 38.1 Å². The fourth-order valence-corrected chi connectivity index (χ4v) is 2.63. The number of ether oxygens (including phenoxy) is 1. The first-order valence-electron chi connectivity index (χ1n) is 8.47. The second-order valence-corrected chi connectivity index (χ2v) is 5.81. The molecule has 2 aromatic rings. The van der Waals surface area contributed by atoms with E-state index in [-0.39, 0.29) is 12.3 Å². The van der Waals surface area contributed by atoms with Crippen LogP contribution in [0.5, 0.6) is 5.75 Å². The monoisotopic (exact) mass is 330 g/mol. The van der Waals surface area contributed by atoms with Crippen molar-refractivity contribution in [3.05, 3.63) is 35.7 Å². The van der Waals surface area contributed by atoms with Crippen LogP contribution in [0, 0.1) is 6.92 Å². The number of carbonyl (C=O) groups excluding carboxylic acids is 1. The average Bonchev–Trinajstić information content (AvgIpc) is 2.95. The third kappa shape index (κ3) is 4.37. The number of hydrogen-bond acceptors (Lipinski definition) is 4. The summed E-state index contributed by atoms with van der Waals surface area (Å²) < 4.78 is 11.0. The predicted octanol–water partition coefficient (Wildman–Crippen LogP) is 3.85. The molecule has 0 N–H and O–H groups in total. The zero-order valence-corrected chi connectivity index (χ0v) is 15.0. The molecule has 1 aromatic heterocycles. The van der Waals surface area contributed by atoms with E-state index < -0.39 is 0 Å². The van der Waals surface area contributed by atoms with Gasteiger partial charge in [-0.25, -0.2) is 4.98 Å². The van der Waals surface area contributed by atoms with Crippen molar-refractivity contribution < 1.29 is 13.9 Å². The molecule has 0 saturated heterocycles. The van der Waals surface area contributed by atoms with E-state index in [2.05, 4.69) is 18.8 Å². The van der Waals surface area contributed by atoms with E-state index in [0.29, 0.717) is 17.3 Å². The Morgan fingerprint density at radius 1 is 1.25 bits per heavy atom. The highest BCUT2D eigenvalue weighted by molar-refractivity contribution is 5.78. The molecule has 0 spiro atoms. The van der Waals surface area contributed by atoms with Gasteiger partial charge in [-0.15, -0.1) is 0 Å². The van der Waals surface area contributed by atoms with Crippen LogP contribution < -0.4 is 4.74 Å². The van der Waals surface area contributed by atoms with Crippen LogP contribution in [0.3, 0.4) is 0 Å². The van der Waals surface area contributed by atoms with Gasteiger partial charge in [-0.3, -0.25) is 4.79 Å². The minimum absolute atomic E-state index is 0.104. The van der Waals surface area contributed by atoms with Crippen LogP contribution in [0.2, 0.25) is 0 Å². The smallest absolute Gasteiger partial charge is 0.228 e. The second kappa shape index (κ2) is 8.52. The number of rotatable bonds is 8. The average molecular weight is 330 g/mol. The zero-order chi connectivity index (χ0) is 17.5. The predicted molar refractivity (Wildman–Crippen MR) is 94.1 cm³/mol. The van der Waals surface area contributed by atoms with E-state index in [0.717, 1.165) is 37.2 Å². The SMILES string of the molecule is CCCN(CCC)C(=O)Cc1nc(-c2cccc(OC)c2)oc1C. The molecule has 0 saturated carbocycles. The van der Waals surface area contributed by atoms with Gasteiger partial charge in [0.15, 0.2) is 0 Å². The van der Waals surface area contributed by atoms with Gasteiger partial charge in [0.25, 0.3) is 0 Å². The van der Waals surface area contributed by atoms with Crippen LogP contribution in [0.4, 0.5) is 0 Å². The molecule has 1 aromatic carbocycles. The molecule has 0 fully saturated rings. The lowest BCUT2D eigenvalue weighted by molar-refractivity contribution is -0.130. The number of methoxy groups -OCH3 is 1. The lowest BCUT2D eigenvalue weighted by Gasteiger charge is -2.20. The highest BCUT2D eigenvalue weighted by Crippen LogP contribution is 2.25. The molecule has 0 radical (unpaired) electrons. The minimum atomic E-state index is 0.104. The summed E-state index contributed by atoms with van der Waals surface area (Å²) in [6, 6.07) is 7.55. The Bertz CT molecular complexity index is 673. The summed E-state index contributed by atoms with van der Waals surface area (Å²) in [5.74, 6) is 2.06. The van der Waals surface area contributed by atoms with Crippen molar-refractivity contribution in [1.82, 2.24) is 9.88 Å². The summed E-state index contributed by atoms with van der Waals surface area (Å²) in [4.78, 5) is 18.9. The van der Waals surface area contributed by atoms with Gasteiger partial charge in [0.05, 0.1) is 19.2 Å². The van der Waals surface area contributed by atoms with Gasteiger partial charge in [-0.2, -0.15) is 0 Å². The van der Waals surface area contributed by atoms with Crippen LogP contribution in [0.15, 0.2) is 28.7 Å². The maximum absolute atomic E-state index is 12.5. The van der Waals surface area contributed by atoms with Crippen molar-refractivity contribution in [2.24, 2.45) is 0 Å². The van der Waals surface area contributed by atoms with E-state index in [1.54, 1.807) is 7.11 Å². The maximum atomic E-state index is 12.5. The molecule has 2 rings (SSSR count). The summed E-state index contributed by atoms with van der Waals surface area (Å²) in [6.45, 7) is 7.58. The Morgan fingerprint density at radius 3 is 2.58 bits per heavy atom. The molecule has 0 aliphatic rings. The Morgan fingerprint density at radius 2 is 1.96 bits per heavy atom. The first kappa shape index (κ1) is 18.0. The van der Waals surface area contributed by atoms with Crippen molar-refractivity contribution in [2.45, 2.75) is 40.0 Å². The summed E-state index contributed by atoms with van der Waals surface area (Å²) in [7, 11) is 1.63. The van der Waals surface area contributed by atoms with Gasteiger partial charge in [-0.05, 0) is 38.0 Å². The van der Waals surface area contributed by atoms with E-state index >= 15 is 0 Å². The summed E-state index contributed by atoms with van der Waals surface area (Å²) in [5.41, 5.74) is 1.55. The number of aromatic nitrogens is 1. The summed E-state index contributed by atoms with van der Waals surface area (Å²) in [6.07, 6.45) is 2.19. The molecule has 0 bridgehead atoms. The summed E-state index contributed by atoms with van der Waals surface area (Å²) >= 11 is 0. The fraction of sp³-hybridized carbons (Fsp3) is 0.474. The maximum Gasteiger partial charge on any atom is 0.228 e. The Kier molecular flexibility index (Phi) is 6.41. The van der Waals surface area contributed by atoms with Crippen molar-refractivity contribution in [1.29, 1.82) is 0 Å². The van der Waals surface area contributed by atoms with Crippen LogP contribution in [-0.2, 0) is 11.2 Å². The van der Waals surface area contributed by atoms with Gasteiger partial charge in [0.2, 0.25) is 11.8 Å². The van der Waals surface area contributed by atoms with Crippen molar-refractivity contribution in [3.63, 3.8) is 0 Å². The molecule has 24 heavy (non-hydrogen) atoms. The highest BCUT2D eigenvalue weighted by atomic mass is 16.5. The van der Waals surface area contributed by atoms with E-state index in [9.17, 15) is 4.79 Å². The number of aryl methyl sites for hydroxylation is 1. The van der Waals surface area contributed by atoms with E-state index in [1.807, 2.05) is 36.1 Å². The van der Waals surface area contributed by atoms with Gasteiger partial charge < -0.3 is 14.1 Å². The molecule has 1 amide bonds. The number of benzene rings is 1. The molecule has 5 nitrogen and oxygen atoms in total. The molecular weight excluding hydrogens is 304 g/mol. The third-order valence-electron chi connectivity index (χ3n) is 3.87. The summed E-state index contributed by atoms with van der Waals surface area (Å²) in [5, 5.41) is 0. The van der Waals surface area contributed by atoms with Gasteiger partial charge in [0, 0.05) is 18.7 Å². The normalized spacial score (nSPS) is 10.7. The minimum Gasteiger partial charge on any atom is -0.497 e. The topological polar surface area (TPSA) is 55.6 Å². The Labute approximate surface area is 143 Å². The fourth-order valence-electron chi connectivity index (χ4n) is 2.63. The van der Waals surface area contributed by atoms with Crippen LogP contribution in [-0.4, -0.2) is 36.0 Å². The lowest BCUT2D eigenvalue weighted by Crippen LogP contribution is -2.33. The number of hydrogen-bond donors (Lipinski definition) is 0. The first-order valence-corrected chi connectivity index (χ1v) is 8.47. The Hall–Kier alpha value is -2.30. The number of oxazole rings is 1. The molecular formula is C19H26N2O3. The Balaban J connectivity index is 2.17. The molecule has 0 atom stereocenters. The van der Waals surface area contributed by atoms with Crippen molar-refractivity contribution in [2.75, 3.05) is 20.2 Å². The standard InChI is InChI=1S/C19H26N2O3/c1-5-10-21(11-6-2)18(22)13-17-14(3)24-19(20-17)15-8-7-9-16(12-15)23-4/h7-9,12H,5-6,10-11,13H2,1-4H3. The molecule has 1 heterocycles. The lowest BCUT2D eigenvalue weighted by atomic mass is 10.2. The zero-order valence-electron chi connectivity index (χ0n) is 15.0. The van der Waals surface area contributed by atoms with Crippen molar-refractivity contribution in [3.8, 4) is 17.2 Å². The number of amides is 1. The molecule has 5 heteroatoms. The van der Waals surface area contributed by atoms with Gasteiger partial charge >= 0.3 is 0 Å². The van der Waals surface area contributed by atoms with Crippen molar-refractivity contribution >= 4 is 5.91 Å². The molecule has 0 aliphatic carbocycles. The molecule has 0 aliphatic heterocycles. The largest absolute Gasteiger partial charge is 0.497 e. The quantitative estimate of drug-likeness (QED) is 0.738. The van der Waals surface area contributed by atoms with Crippen LogP contribution >= 0.6 is 0 Å². The van der Waals surface area contributed by atoms with Gasteiger partial charge in [0.1, 0.15) is 11.5 Å². The second-order valence-electron chi connectivity index (χ2n) is 5.81. The van der Waals surface area contributed by atoms with Gasteiger partial charge in [-0.1, -0.05) is 19.9 Å². The van der Waals surface area contributed by atoms with E-state index in [4.69, 9.17) is 9.15 Å². The number of nitrogens with zero attached hydrogens (tertiary/aromatic N) is 2. The first-order chi connectivity index (χ1) is 11.6. The van der Waals surface area contributed by atoms with Crippen LogP contribution in [0.25, 0.3) is 11.5 Å². The highest BCUT2D eigenvalue weighted by Gasteiger charge is 2.18. The molecule has 130 valence electrons. The molecule has 0 unspecified atom stereocenters. The third-order valence-corrected chi connectivity index (χ3v) is 3.87.